The van der Waals surface area contributed by atoms with Gasteiger partial charge < -0.3 is 14.8 Å². The maximum Gasteiger partial charge on any atom is 0.258 e. The molecule has 1 amide bonds. The van der Waals surface area contributed by atoms with Crippen LogP contribution in [0.2, 0.25) is 0 Å². The number of piperazine rings is 1. The van der Waals surface area contributed by atoms with E-state index in [1.807, 2.05) is 59.4 Å². The van der Waals surface area contributed by atoms with Crippen LogP contribution in [0.4, 0.5) is 0 Å². The summed E-state index contributed by atoms with van der Waals surface area (Å²) in [7, 11) is 1.96. The first kappa shape index (κ1) is 20.1. The van der Waals surface area contributed by atoms with Crippen molar-refractivity contribution in [2.75, 3.05) is 19.6 Å². The van der Waals surface area contributed by atoms with Crippen LogP contribution in [0.3, 0.4) is 0 Å². The third-order valence-corrected chi connectivity index (χ3v) is 5.15. The molecule has 28 heavy (non-hydrogen) atoms. The molecule has 0 bridgehead atoms. The molecule has 0 spiro atoms. The van der Waals surface area contributed by atoms with Gasteiger partial charge in [-0.2, -0.15) is 5.10 Å². The monoisotopic (exact) mass is 400 g/mol. The van der Waals surface area contributed by atoms with E-state index < -0.39 is 0 Å². The number of aromatic nitrogens is 4. The normalized spacial score (nSPS) is 16.7. The number of amides is 1. The van der Waals surface area contributed by atoms with Crippen LogP contribution in [-0.2, 0) is 7.05 Å². The van der Waals surface area contributed by atoms with E-state index >= 15 is 0 Å². The molecule has 7 nitrogen and oxygen atoms in total. The van der Waals surface area contributed by atoms with E-state index in [0.29, 0.717) is 18.7 Å². The summed E-state index contributed by atoms with van der Waals surface area (Å²) in [5.41, 5.74) is 3.61. The summed E-state index contributed by atoms with van der Waals surface area (Å²) in [5.74, 6) is 0.889. The summed E-state index contributed by atoms with van der Waals surface area (Å²) in [6.07, 6.45) is 5.36. The molecule has 0 saturated carbocycles. The lowest BCUT2D eigenvalue weighted by Gasteiger charge is -2.35. The van der Waals surface area contributed by atoms with Gasteiger partial charge in [0.15, 0.2) is 0 Å². The number of carbonyl (C=O) groups is 1. The van der Waals surface area contributed by atoms with Crippen LogP contribution in [0.25, 0.3) is 5.69 Å². The molecular formula is C20H25ClN6O. The fourth-order valence-corrected chi connectivity index (χ4v) is 3.67. The molecule has 1 fully saturated rings. The van der Waals surface area contributed by atoms with Crippen LogP contribution in [0, 0.1) is 13.8 Å². The minimum Gasteiger partial charge on any atom is -0.336 e. The molecule has 1 aliphatic rings. The van der Waals surface area contributed by atoms with Gasteiger partial charge in [0.1, 0.15) is 11.9 Å². The van der Waals surface area contributed by atoms with Gasteiger partial charge in [-0.1, -0.05) is 12.1 Å². The fourth-order valence-electron chi connectivity index (χ4n) is 3.67. The number of nitrogens with zero attached hydrogens (tertiary/aromatic N) is 5. The Balaban J connectivity index is 0.00000225. The minimum atomic E-state index is -0.0898. The highest BCUT2D eigenvalue weighted by molar-refractivity contribution is 5.95. The van der Waals surface area contributed by atoms with Gasteiger partial charge in [-0.3, -0.25) is 4.79 Å². The summed E-state index contributed by atoms with van der Waals surface area (Å²) in [4.78, 5) is 19.7. The molecule has 1 saturated heterocycles. The van der Waals surface area contributed by atoms with Gasteiger partial charge in [-0.05, 0) is 31.5 Å². The Kier molecular flexibility index (Phi) is 5.86. The second kappa shape index (κ2) is 8.16. The molecule has 0 radical (unpaired) electrons. The number of imidazole rings is 1. The highest BCUT2D eigenvalue weighted by Gasteiger charge is 2.32. The van der Waals surface area contributed by atoms with Gasteiger partial charge in [0.2, 0.25) is 0 Å². The topological polar surface area (TPSA) is 68.0 Å². The van der Waals surface area contributed by atoms with E-state index in [9.17, 15) is 4.79 Å². The minimum absolute atomic E-state index is 0. The zero-order chi connectivity index (χ0) is 19.0. The highest BCUT2D eigenvalue weighted by Crippen LogP contribution is 2.24. The first-order valence-electron chi connectivity index (χ1n) is 9.17. The summed E-state index contributed by atoms with van der Waals surface area (Å²) >= 11 is 0. The summed E-state index contributed by atoms with van der Waals surface area (Å²) in [5, 5.41) is 7.85. The summed E-state index contributed by atoms with van der Waals surface area (Å²) in [6.45, 7) is 6.11. The maximum absolute atomic E-state index is 13.4. The Morgan fingerprint density at radius 3 is 2.82 bits per heavy atom. The third-order valence-electron chi connectivity index (χ3n) is 5.15. The molecule has 148 valence electrons. The lowest BCUT2D eigenvalue weighted by molar-refractivity contribution is 0.0620. The molecule has 3 heterocycles. The highest BCUT2D eigenvalue weighted by atomic mass is 35.5. The average molecular weight is 401 g/mol. The third kappa shape index (κ3) is 3.55. The van der Waals surface area contributed by atoms with E-state index in [1.165, 1.54) is 0 Å². The van der Waals surface area contributed by atoms with Crippen molar-refractivity contribution in [3.05, 3.63) is 65.5 Å². The van der Waals surface area contributed by atoms with Crippen LogP contribution in [0.1, 0.15) is 33.5 Å². The van der Waals surface area contributed by atoms with Crippen molar-refractivity contribution in [1.29, 1.82) is 0 Å². The predicted molar refractivity (Wildman–Crippen MR) is 110 cm³/mol. The average Bonchev–Trinajstić information content (AvgIpc) is 3.27. The molecule has 8 heteroatoms. The van der Waals surface area contributed by atoms with E-state index in [1.54, 1.807) is 12.4 Å². The van der Waals surface area contributed by atoms with Gasteiger partial charge in [-0.25, -0.2) is 9.67 Å². The Hall–Kier alpha value is -2.64. The van der Waals surface area contributed by atoms with Crippen LogP contribution >= 0.6 is 12.4 Å². The molecule has 1 atom stereocenters. The lowest BCUT2D eigenvalue weighted by Crippen LogP contribution is -2.49. The van der Waals surface area contributed by atoms with Gasteiger partial charge >= 0.3 is 0 Å². The van der Waals surface area contributed by atoms with Crippen LogP contribution in [0.15, 0.2) is 42.9 Å². The van der Waals surface area contributed by atoms with Crippen molar-refractivity contribution in [1.82, 2.24) is 29.5 Å². The lowest BCUT2D eigenvalue weighted by atomic mass is 10.1. The van der Waals surface area contributed by atoms with Crippen LogP contribution in [0.5, 0.6) is 0 Å². The Bertz CT molecular complexity index is 979. The number of hydrogen-bond donors (Lipinski definition) is 1. The molecule has 1 aromatic carbocycles. The van der Waals surface area contributed by atoms with E-state index in [4.69, 9.17) is 0 Å². The number of rotatable bonds is 3. The van der Waals surface area contributed by atoms with E-state index in [-0.39, 0.29) is 24.4 Å². The van der Waals surface area contributed by atoms with Crippen molar-refractivity contribution in [3.63, 3.8) is 0 Å². The molecule has 4 rings (SSSR count). The summed E-state index contributed by atoms with van der Waals surface area (Å²) < 4.78 is 3.80. The zero-order valence-corrected chi connectivity index (χ0v) is 17.1. The number of nitrogens with one attached hydrogen (secondary N) is 1. The van der Waals surface area contributed by atoms with Gasteiger partial charge in [0, 0.05) is 39.1 Å². The molecule has 1 unspecified atom stereocenters. The Morgan fingerprint density at radius 2 is 2.11 bits per heavy atom. The standard InChI is InChI=1S/C20H24N6O.ClH/c1-14-5-4-6-16(11-14)26-15(2)17(12-23-26)20(27)25-10-7-21-13-18(25)19-22-8-9-24(19)3;/h4-6,8-9,11-12,18,21H,7,10,13H2,1-3H3;1H. The van der Waals surface area contributed by atoms with Crippen molar-refractivity contribution in [2.24, 2.45) is 7.05 Å². The number of hydrogen-bond acceptors (Lipinski definition) is 4. The maximum atomic E-state index is 13.4. The van der Waals surface area contributed by atoms with Crippen molar-refractivity contribution >= 4 is 18.3 Å². The molecule has 2 aromatic heterocycles. The SMILES string of the molecule is Cc1cccc(-n2ncc(C(=O)N3CCNCC3c3nccn3C)c2C)c1.Cl. The Labute approximate surface area is 170 Å². The number of halogens is 1. The molecule has 1 aliphatic heterocycles. The smallest absolute Gasteiger partial charge is 0.258 e. The van der Waals surface area contributed by atoms with Crippen LogP contribution in [-0.4, -0.2) is 49.8 Å². The second-order valence-electron chi connectivity index (χ2n) is 7.01. The Morgan fingerprint density at radius 1 is 1.29 bits per heavy atom. The number of aryl methyl sites for hydroxylation is 2. The van der Waals surface area contributed by atoms with E-state index in [0.717, 1.165) is 29.3 Å². The van der Waals surface area contributed by atoms with Gasteiger partial charge in [-0.15, -0.1) is 12.4 Å². The van der Waals surface area contributed by atoms with Crippen molar-refractivity contribution < 1.29 is 4.79 Å². The molecule has 3 aromatic rings. The van der Waals surface area contributed by atoms with Gasteiger partial charge in [0.25, 0.3) is 5.91 Å². The number of benzene rings is 1. The van der Waals surface area contributed by atoms with Gasteiger partial charge in [0.05, 0.1) is 23.1 Å². The summed E-state index contributed by atoms with van der Waals surface area (Å²) in [6, 6.07) is 8.03. The van der Waals surface area contributed by atoms with Crippen LogP contribution < -0.4 is 5.32 Å². The van der Waals surface area contributed by atoms with Crippen molar-refractivity contribution in [3.8, 4) is 5.69 Å². The number of carbonyl (C=O) groups excluding carboxylic acids is 1. The largest absolute Gasteiger partial charge is 0.336 e. The quantitative estimate of drug-likeness (QED) is 0.733. The molecule has 1 N–H and O–H groups in total. The zero-order valence-electron chi connectivity index (χ0n) is 16.3. The predicted octanol–water partition coefficient (Wildman–Crippen LogP) is 2.43. The first-order valence-corrected chi connectivity index (χ1v) is 9.17. The van der Waals surface area contributed by atoms with Crippen molar-refractivity contribution in [2.45, 2.75) is 19.9 Å². The van der Waals surface area contributed by atoms with E-state index in [2.05, 4.69) is 21.5 Å². The first-order chi connectivity index (χ1) is 13.1. The molecular weight excluding hydrogens is 376 g/mol. The second-order valence-corrected chi connectivity index (χ2v) is 7.01. The fraction of sp³-hybridized carbons (Fsp3) is 0.350. The molecule has 0 aliphatic carbocycles.